The quantitative estimate of drug-likeness (QED) is 0.784. The van der Waals surface area contributed by atoms with Crippen LogP contribution in [0.3, 0.4) is 0 Å². The fourth-order valence-corrected chi connectivity index (χ4v) is 2.32. The van der Waals surface area contributed by atoms with Crippen LogP contribution in [0.2, 0.25) is 0 Å². The monoisotopic (exact) mass is 225 g/mol. The van der Waals surface area contributed by atoms with E-state index >= 15 is 0 Å². The van der Waals surface area contributed by atoms with Crippen molar-refractivity contribution in [1.82, 2.24) is 0 Å². The van der Waals surface area contributed by atoms with Crippen LogP contribution >= 0.6 is 11.8 Å². The summed E-state index contributed by atoms with van der Waals surface area (Å²) in [5, 5.41) is 0. The molecule has 0 amide bonds. The van der Waals surface area contributed by atoms with Crippen molar-refractivity contribution < 1.29 is 9.47 Å². The van der Waals surface area contributed by atoms with Crippen LogP contribution in [-0.2, 0) is 0 Å². The van der Waals surface area contributed by atoms with Crippen molar-refractivity contribution in [3.63, 3.8) is 0 Å². The molecule has 0 radical (unpaired) electrons. The molecule has 1 aliphatic heterocycles. The average Bonchev–Trinajstić information content (AvgIpc) is 2.27. The number of ether oxygens (including phenoxy) is 2. The van der Waals surface area contributed by atoms with Crippen LogP contribution in [0, 0.1) is 0 Å². The highest BCUT2D eigenvalue weighted by Crippen LogP contribution is 2.38. The maximum absolute atomic E-state index is 5.91. The topological polar surface area (TPSA) is 44.5 Å². The van der Waals surface area contributed by atoms with Crippen LogP contribution in [0.5, 0.6) is 11.5 Å². The summed E-state index contributed by atoms with van der Waals surface area (Å²) >= 11 is 1.68. The molecular weight excluding hydrogens is 210 g/mol. The maximum atomic E-state index is 5.91. The van der Waals surface area contributed by atoms with E-state index in [1.165, 1.54) is 0 Å². The fourth-order valence-electron chi connectivity index (χ4n) is 1.62. The van der Waals surface area contributed by atoms with Gasteiger partial charge in [-0.3, -0.25) is 0 Å². The molecule has 0 saturated carbocycles. The zero-order valence-corrected chi connectivity index (χ0v) is 9.76. The third-order valence-electron chi connectivity index (χ3n) is 2.39. The lowest BCUT2D eigenvalue weighted by Gasteiger charge is -2.21. The van der Waals surface area contributed by atoms with Crippen molar-refractivity contribution in [3.8, 4) is 11.5 Å². The Hall–Kier alpha value is -0.870. The van der Waals surface area contributed by atoms with Gasteiger partial charge in [-0.15, -0.1) is 11.8 Å². The minimum Gasteiger partial charge on any atom is -0.486 e. The molecule has 2 N–H and O–H groups in total. The van der Waals surface area contributed by atoms with E-state index in [4.69, 9.17) is 15.2 Å². The minimum atomic E-state index is 0.0169. The van der Waals surface area contributed by atoms with E-state index in [0.717, 1.165) is 22.0 Å². The van der Waals surface area contributed by atoms with E-state index in [-0.39, 0.29) is 6.04 Å². The van der Waals surface area contributed by atoms with E-state index in [1.807, 2.05) is 25.3 Å². The molecule has 2 rings (SSSR count). The summed E-state index contributed by atoms with van der Waals surface area (Å²) < 4.78 is 11.0. The van der Waals surface area contributed by atoms with E-state index in [0.29, 0.717) is 13.2 Å². The predicted octanol–water partition coefficient (Wildman–Crippen LogP) is 2.20. The highest BCUT2D eigenvalue weighted by Gasteiger charge is 2.16. The van der Waals surface area contributed by atoms with Gasteiger partial charge in [0.25, 0.3) is 0 Å². The normalized spacial score (nSPS) is 16.2. The number of rotatable bonds is 2. The molecule has 0 spiro atoms. The lowest BCUT2D eigenvalue weighted by atomic mass is 10.1. The smallest absolute Gasteiger partial charge is 0.162 e. The van der Waals surface area contributed by atoms with Crippen LogP contribution in [0.1, 0.15) is 18.5 Å². The lowest BCUT2D eigenvalue weighted by molar-refractivity contribution is 0.170. The summed E-state index contributed by atoms with van der Waals surface area (Å²) in [6.07, 6.45) is 2.04. The Labute approximate surface area is 93.9 Å². The van der Waals surface area contributed by atoms with Gasteiger partial charge in [-0.1, -0.05) is 0 Å². The Morgan fingerprint density at radius 3 is 2.40 bits per heavy atom. The van der Waals surface area contributed by atoms with Gasteiger partial charge < -0.3 is 15.2 Å². The predicted molar refractivity (Wildman–Crippen MR) is 61.8 cm³/mol. The zero-order chi connectivity index (χ0) is 10.8. The van der Waals surface area contributed by atoms with Crippen molar-refractivity contribution in [2.24, 2.45) is 5.73 Å². The second-order valence-electron chi connectivity index (χ2n) is 3.53. The minimum absolute atomic E-state index is 0.0169. The maximum Gasteiger partial charge on any atom is 0.162 e. The molecule has 1 atom stereocenters. The van der Waals surface area contributed by atoms with Crippen LogP contribution in [0.15, 0.2) is 17.0 Å². The van der Waals surface area contributed by atoms with Gasteiger partial charge in [0.05, 0.1) is 0 Å². The molecule has 3 nitrogen and oxygen atoms in total. The molecule has 15 heavy (non-hydrogen) atoms. The first-order chi connectivity index (χ1) is 7.22. The van der Waals surface area contributed by atoms with E-state index in [9.17, 15) is 0 Å². The Bertz CT molecular complexity index is 366. The standard InChI is InChI=1S/C11H15NO2S/c1-7(12)8-5-9-10(6-11(8)15-2)14-4-3-13-9/h5-7H,3-4,12H2,1-2H3. The first-order valence-corrected chi connectivity index (χ1v) is 6.18. The molecule has 1 aliphatic rings. The number of nitrogens with two attached hydrogens (primary N) is 1. The molecule has 0 bridgehead atoms. The molecule has 0 fully saturated rings. The van der Waals surface area contributed by atoms with E-state index < -0.39 is 0 Å². The SMILES string of the molecule is CSc1cc2c(cc1C(C)N)OCCO2. The highest BCUT2D eigenvalue weighted by molar-refractivity contribution is 7.98. The van der Waals surface area contributed by atoms with Gasteiger partial charge in [-0.2, -0.15) is 0 Å². The molecule has 4 heteroatoms. The number of thioether (sulfide) groups is 1. The van der Waals surface area contributed by atoms with Gasteiger partial charge in [0.15, 0.2) is 11.5 Å². The molecule has 0 saturated heterocycles. The number of hydrogen-bond donors (Lipinski definition) is 1. The van der Waals surface area contributed by atoms with Crippen LogP contribution in [0.25, 0.3) is 0 Å². The van der Waals surface area contributed by atoms with Gasteiger partial charge in [-0.05, 0) is 30.9 Å². The van der Waals surface area contributed by atoms with E-state index in [1.54, 1.807) is 11.8 Å². The van der Waals surface area contributed by atoms with Gasteiger partial charge in [-0.25, -0.2) is 0 Å². The van der Waals surface area contributed by atoms with Crippen LogP contribution < -0.4 is 15.2 Å². The summed E-state index contributed by atoms with van der Waals surface area (Å²) in [6, 6.07) is 4.02. The summed E-state index contributed by atoms with van der Waals surface area (Å²) in [4.78, 5) is 1.16. The summed E-state index contributed by atoms with van der Waals surface area (Å²) in [5.74, 6) is 1.64. The fraction of sp³-hybridized carbons (Fsp3) is 0.455. The highest BCUT2D eigenvalue weighted by atomic mass is 32.2. The number of benzene rings is 1. The van der Waals surface area contributed by atoms with E-state index in [2.05, 4.69) is 0 Å². The van der Waals surface area contributed by atoms with Gasteiger partial charge in [0.1, 0.15) is 13.2 Å². The first-order valence-electron chi connectivity index (χ1n) is 4.95. The lowest BCUT2D eigenvalue weighted by Crippen LogP contribution is -2.16. The Morgan fingerprint density at radius 2 is 1.87 bits per heavy atom. The van der Waals surface area contributed by atoms with Crippen molar-refractivity contribution in [1.29, 1.82) is 0 Å². The Kier molecular flexibility index (Phi) is 3.07. The van der Waals surface area contributed by atoms with Crippen molar-refractivity contribution >= 4 is 11.8 Å². The first kappa shape index (κ1) is 10.6. The van der Waals surface area contributed by atoms with Gasteiger partial charge in [0, 0.05) is 10.9 Å². The summed E-state index contributed by atoms with van der Waals surface area (Å²) in [5.41, 5.74) is 7.03. The van der Waals surface area contributed by atoms with Gasteiger partial charge >= 0.3 is 0 Å². The average molecular weight is 225 g/mol. The van der Waals surface area contributed by atoms with Crippen LogP contribution in [0.4, 0.5) is 0 Å². The van der Waals surface area contributed by atoms with Gasteiger partial charge in [0.2, 0.25) is 0 Å². The third kappa shape index (κ3) is 2.06. The zero-order valence-electron chi connectivity index (χ0n) is 8.95. The molecule has 1 aromatic carbocycles. The molecular formula is C11H15NO2S. The Morgan fingerprint density at radius 1 is 1.27 bits per heavy atom. The van der Waals surface area contributed by atoms with Crippen molar-refractivity contribution in [2.75, 3.05) is 19.5 Å². The second-order valence-corrected chi connectivity index (χ2v) is 4.37. The van der Waals surface area contributed by atoms with Crippen molar-refractivity contribution in [2.45, 2.75) is 17.9 Å². The Balaban J connectivity index is 2.46. The number of hydrogen-bond acceptors (Lipinski definition) is 4. The molecule has 0 aliphatic carbocycles. The second kappa shape index (κ2) is 4.33. The van der Waals surface area contributed by atoms with Crippen molar-refractivity contribution in [3.05, 3.63) is 17.7 Å². The summed E-state index contributed by atoms with van der Waals surface area (Å²) in [6.45, 7) is 3.22. The van der Waals surface area contributed by atoms with Crippen LogP contribution in [-0.4, -0.2) is 19.5 Å². The largest absolute Gasteiger partial charge is 0.486 e. The molecule has 1 unspecified atom stereocenters. The number of fused-ring (bicyclic) bond motifs is 1. The molecule has 1 aromatic rings. The third-order valence-corrected chi connectivity index (χ3v) is 3.18. The molecule has 0 aromatic heterocycles. The summed E-state index contributed by atoms with van der Waals surface area (Å²) in [7, 11) is 0. The molecule has 1 heterocycles. The molecule has 82 valence electrons.